The molecule has 1 aliphatic rings. The number of hydrogen-bond donors (Lipinski definition) is 3. The van der Waals surface area contributed by atoms with E-state index in [0.717, 1.165) is 16.2 Å². The first-order valence-corrected chi connectivity index (χ1v) is 13.9. The molecule has 0 unspecified atom stereocenters. The fourth-order valence-electron chi connectivity index (χ4n) is 4.10. The van der Waals surface area contributed by atoms with Crippen LogP contribution in [0.4, 0.5) is 0 Å². The number of carbonyl (C=O) groups is 4. The van der Waals surface area contributed by atoms with Crippen LogP contribution >= 0.6 is 0 Å². The van der Waals surface area contributed by atoms with Gasteiger partial charge in [-0.25, -0.2) is 0 Å². The molecule has 0 radical (unpaired) electrons. The highest BCUT2D eigenvalue weighted by Crippen LogP contribution is 2.20. The maximum Gasteiger partial charge on any atom is 0.275 e. The molecule has 4 amide bonds. The van der Waals surface area contributed by atoms with Crippen molar-refractivity contribution >= 4 is 23.6 Å². The highest BCUT2D eigenvalue weighted by molar-refractivity contribution is 5.94. The number of nitrogens with zero attached hydrogens (tertiary/aromatic N) is 2. The topological polar surface area (TPSA) is 129 Å². The molecule has 42 heavy (non-hydrogen) atoms. The smallest absolute Gasteiger partial charge is 0.275 e. The van der Waals surface area contributed by atoms with Crippen LogP contribution in [0.25, 0.3) is 0 Å². The summed E-state index contributed by atoms with van der Waals surface area (Å²) < 4.78 is 5.83. The van der Waals surface area contributed by atoms with Crippen LogP contribution in [-0.2, 0) is 42.0 Å². The van der Waals surface area contributed by atoms with Gasteiger partial charge < -0.3 is 25.6 Å². The van der Waals surface area contributed by atoms with E-state index in [0.29, 0.717) is 0 Å². The Hall–Kier alpha value is -4.06. The zero-order valence-corrected chi connectivity index (χ0v) is 24.8. The van der Waals surface area contributed by atoms with Crippen LogP contribution in [0.2, 0.25) is 0 Å². The van der Waals surface area contributed by atoms with E-state index in [-0.39, 0.29) is 32.3 Å². The Morgan fingerprint density at radius 2 is 1.50 bits per heavy atom. The molecule has 226 valence electrons. The second-order valence-corrected chi connectivity index (χ2v) is 11.1. The summed E-state index contributed by atoms with van der Waals surface area (Å²) in [6, 6.07) is 16.4. The number of ether oxygens (including phenoxy) is 1. The molecule has 0 aromatic heterocycles. The van der Waals surface area contributed by atoms with Crippen molar-refractivity contribution in [1.29, 1.82) is 0 Å². The number of likely N-dealkylation sites (N-methyl/N-ethyl adjacent to an activating group) is 1. The zero-order chi connectivity index (χ0) is 30.7. The molecule has 0 saturated heterocycles. The molecule has 2 aromatic carbocycles. The van der Waals surface area contributed by atoms with E-state index in [1.807, 2.05) is 81.4 Å². The van der Waals surface area contributed by atoms with Crippen molar-refractivity contribution in [3.63, 3.8) is 0 Å². The molecule has 1 aliphatic heterocycles. The lowest BCUT2D eigenvalue weighted by Crippen LogP contribution is -2.58. The number of rotatable bonds is 13. The van der Waals surface area contributed by atoms with E-state index >= 15 is 0 Å². The van der Waals surface area contributed by atoms with Gasteiger partial charge >= 0.3 is 0 Å². The molecule has 0 bridgehead atoms. The summed E-state index contributed by atoms with van der Waals surface area (Å²) in [5, 5.41) is 9.32. The highest BCUT2D eigenvalue weighted by atomic mass is 16.7. The molecule has 3 atom stereocenters. The van der Waals surface area contributed by atoms with Gasteiger partial charge in [-0.3, -0.25) is 24.0 Å². The molecule has 1 heterocycles. The molecular formula is C31H41N5O6. The van der Waals surface area contributed by atoms with Gasteiger partial charge in [0.25, 0.3) is 5.91 Å². The Morgan fingerprint density at radius 1 is 0.905 bits per heavy atom. The summed E-state index contributed by atoms with van der Waals surface area (Å²) in [6.07, 6.45) is 2.81. The van der Waals surface area contributed by atoms with Gasteiger partial charge in [-0.05, 0) is 30.5 Å². The molecular weight excluding hydrogens is 538 g/mol. The number of amides is 4. The van der Waals surface area contributed by atoms with E-state index in [1.54, 1.807) is 14.0 Å². The van der Waals surface area contributed by atoms with E-state index in [1.165, 1.54) is 17.3 Å². The predicted octanol–water partition coefficient (Wildman–Crippen LogP) is 2.10. The minimum Gasteiger partial charge on any atom is -0.374 e. The molecule has 2 aromatic rings. The van der Waals surface area contributed by atoms with Gasteiger partial charge in [0.2, 0.25) is 17.7 Å². The standard InChI is InChI=1S/C31H41N5O6/c1-22(32-5)28(38)34-27(31(2,3)4)29(39)33-18-26(37)35-16-17-36(42-20-24-14-10-7-11-15-24)30(40)25(35)21-41-19-23-12-8-6-9-13-23/h6-17,22,25,27,32H,18-21H2,1-5H3,(H,33,39)(H,34,38)/t22-,25-,27+/m0/s1. The largest absolute Gasteiger partial charge is 0.374 e. The first-order chi connectivity index (χ1) is 20.0. The normalized spacial score (nSPS) is 16.6. The van der Waals surface area contributed by atoms with Gasteiger partial charge in [0.15, 0.2) is 0 Å². The SMILES string of the molecule is CN[C@@H](C)C(=O)N[C@H](C(=O)NCC(=O)N1C=CN(OCc2ccccc2)C(=O)[C@@H]1COCc1ccccc1)C(C)(C)C. The third-order valence-electron chi connectivity index (χ3n) is 6.74. The van der Waals surface area contributed by atoms with Crippen LogP contribution in [0.1, 0.15) is 38.8 Å². The molecule has 3 rings (SSSR count). The van der Waals surface area contributed by atoms with Crippen molar-refractivity contribution < 1.29 is 28.8 Å². The van der Waals surface area contributed by atoms with E-state index in [9.17, 15) is 19.2 Å². The number of benzene rings is 2. The van der Waals surface area contributed by atoms with Crippen LogP contribution in [0.5, 0.6) is 0 Å². The van der Waals surface area contributed by atoms with Gasteiger partial charge in [0, 0.05) is 6.20 Å². The summed E-state index contributed by atoms with van der Waals surface area (Å²) in [5.74, 6) is -1.85. The van der Waals surface area contributed by atoms with Crippen LogP contribution in [0.15, 0.2) is 73.1 Å². The van der Waals surface area contributed by atoms with E-state index in [4.69, 9.17) is 9.57 Å². The first-order valence-electron chi connectivity index (χ1n) is 13.9. The Morgan fingerprint density at radius 3 is 2.07 bits per heavy atom. The van der Waals surface area contributed by atoms with Gasteiger partial charge in [0.1, 0.15) is 18.7 Å². The number of hydrogen-bond acceptors (Lipinski definition) is 7. The van der Waals surface area contributed by atoms with Crippen LogP contribution in [0.3, 0.4) is 0 Å². The molecule has 0 aliphatic carbocycles. The molecule has 0 saturated carbocycles. The Balaban J connectivity index is 1.70. The van der Waals surface area contributed by atoms with Gasteiger partial charge in [0.05, 0.1) is 32.0 Å². The lowest BCUT2D eigenvalue weighted by atomic mass is 9.86. The third-order valence-corrected chi connectivity index (χ3v) is 6.74. The maximum absolute atomic E-state index is 13.4. The summed E-state index contributed by atoms with van der Waals surface area (Å²) in [7, 11) is 1.65. The quantitative estimate of drug-likeness (QED) is 0.332. The van der Waals surface area contributed by atoms with E-state index in [2.05, 4.69) is 16.0 Å². The van der Waals surface area contributed by atoms with Gasteiger partial charge in [-0.1, -0.05) is 81.4 Å². The van der Waals surface area contributed by atoms with Crippen molar-refractivity contribution in [3.05, 3.63) is 84.2 Å². The minimum atomic E-state index is -1.02. The minimum absolute atomic E-state index is 0.0917. The fraction of sp³-hybridized carbons (Fsp3) is 0.419. The lowest BCUT2D eigenvalue weighted by molar-refractivity contribution is -0.186. The van der Waals surface area contributed by atoms with Crippen molar-refractivity contribution in [2.45, 2.75) is 59.0 Å². The van der Waals surface area contributed by atoms with Crippen molar-refractivity contribution in [2.24, 2.45) is 5.41 Å². The monoisotopic (exact) mass is 579 g/mol. The second kappa shape index (κ2) is 15.2. The molecule has 11 heteroatoms. The number of carbonyl (C=O) groups excluding carboxylic acids is 4. The average Bonchev–Trinajstić information content (AvgIpc) is 2.98. The predicted molar refractivity (Wildman–Crippen MR) is 157 cm³/mol. The molecule has 0 spiro atoms. The van der Waals surface area contributed by atoms with Crippen molar-refractivity contribution in [2.75, 3.05) is 20.2 Å². The zero-order valence-electron chi connectivity index (χ0n) is 24.8. The Kier molecular flexibility index (Phi) is 11.8. The van der Waals surface area contributed by atoms with Crippen LogP contribution < -0.4 is 16.0 Å². The molecule has 11 nitrogen and oxygen atoms in total. The third kappa shape index (κ3) is 9.23. The van der Waals surface area contributed by atoms with Crippen molar-refractivity contribution in [1.82, 2.24) is 25.9 Å². The summed E-state index contributed by atoms with van der Waals surface area (Å²) >= 11 is 0. The first kappa shape index (κ1) is 32.5. The summed E-state index contributed by atoms with van der Waals surface area (Å²) in [6.45, 7) is 7.06. The van der Waals surface area contributed by atoms with Crippen LogP contribution in [-0.4, -0.2) is 71.9 Å². The fourth-order valence-corrected chi connectivity index (χ4v) is 4.10. The summed E-state index contributed by atoms with van der Waals surface area (Å²) in [4.78, 5) is 59.3. The average molecular weight is 580 g/mol. The highest BCUT2D eigenvalue weighted by Gasteiger charge is 2.37. The second-order valence-electron chi connectivity index (χ2n) is 11.1. The molecule has 3 N–H and O–H groups in total. The molecule has 0 fully saturated rings. The lowest BCUT2D eigenvalue weighted by Gasteiger charge is -2.35. The van der Waals surface area contributed by atoms with Crippen molar-refractivity contribution in [3.8, 4) is 0 Å². The maximum atomic E-state index is 13.4. The van der Waals surface area contributed by atoms with Gasteiger partial charge in [-0.2, -0.15) is 5.06 Å². The Bertz CT molecular complexity index is 1230. The van der Waals surface area contributed by atoms with Crippen LogP contribution in [0, 0.1) is 5.41 Å². The summed E-state index contributed by atoms with van der Waals surface area (Å²) in [5.41, 5.74) is 1.17. The van der Waals surface area contributed by atoms with Gasteiger partial charge in [-0.15, -0.1) is 0 Å². The number of hydroxylamine groups is 2. The van der Waals surface area contributed by atoms with E-state index < -0.39 is 41.3 Å². The number of nitrogens with one attached hydrogen (secondary N) is 3. The Labute approximate surface area is 247 Å².